The number of nitrogens with zero attached hydrogens (tertiary/aromatic N) is 4. The van der Waals surface area contributed by atoms with E-state index in [-0.39, 0.29) is 28.3 Å². The van der Waals surface area contributed by atoms with Crippen molar-refractivity contribution in [2.45, 2.75) is 57.0 Å². The Kier molecular flexibility index (Phi) is 5.02. The summed E-state index contributed by atoms with van der Waals surface area (Å²) in [5, 5.41) is 3.82. The normalized spacial score (nSPS) is 24.5. The largest absolute Gasteiger partial charge is 0.351 e. The second-order valence-corrected chi connectivity index (χ2v) is 11.4. The minimum Gasteiger partial charge on any atom is -0.351 e. The van der Waals surface area contributed by atoms with Crippen LogP contribution in [0.1, 0.15) is 51.0 Å². The van der Waals surface area contributed by atoms with Crippen molar-refractivity contribution in [3.63, 3.8) is 0 Å². The van der Waals surface area contributed by atoms with E-state index in [0.717, 1.165) is 18.2 Å². The van der Waals surface area contributed by atoms with Crippen molar-refractivity contribution in [2.24, 2.45) is 5.41 Å². The van der Waals surface area contributed by atoms with Crippen molar-refractivity contribution in [1.29, 1.82) is 0 Å². The Balaban J connectivity index is 1.39. The molecule has 1 spiro atoms. The average molecular weight is 452 g/mol. The number of sulfonamides is 1. The molecule has 5 rings (SSSR count). The molecule has 3 heterocycles. The SMILES string of the molecule is O=c1ccc2cnc(NC3CCN(S(=O)(=O)CCl)CC3)nc2n1[C@H]1CCCC12CC2. The predicted molar refractivity (Wildman–Crippen MR) is 116 cm³/mol. The first kappa shape index (κ1) is 20.2. The van der Waals surface area contributed by atoms with Crippen LogP contribution in [0, 0.1) is 5.41 Å². The van der Waals surface area contributed by atoms with Gasteiger partial charge in [0.05, 0.1) is 0 Å². The Morgan fingerprint density at radius 1 is 1.17 bits per heavy atom. The Morgan fingerprint density at radius 3 is 2.63 bits per heavy atom. The number of hydrogen-bond donors (Lipinski definition) is 1. The van der Waals surface area contributed by atoms with Gasteiger partial charge in [0.25, 0.3) is 5.56 Å². The molecule has 0 amide bonds. The number of fused-ring (bicyclic) bond motifs is 1. The lowest BCUT2D eigenvalue weighted by Crippen LogP contribution is -2.42. The van der Waals surface area contributed by atoms with Gasteiger partial charge in [-0.3, -0.25) is 9.36 Å². The Labute approximate surface area is 180 Å². The summed E-state index contributed by atoms with van der Waals surface area (Å²) < 4.78 is 27.2. The Hall–Kier alpha value is -1.71. The fourth-order valence-electron chi connectivity index (χ4n) is 5.21. The molecule has 2 aromatic heterocycles. The number of alkyl halides is 1. The zero-order chi connectivity index (χ0) is 20.9. The van der Waals surface area contributed by atoms with Gasteiger partial charge in [-0.2, -0.15) is 4.98 Å². The maximum atomic E-state index is 12.8. The molecule has 1 N–H and O–H groups in total. The van der Waals surface area contributed by atoms with Gasteiger partial charge in [-0.15, -0.1) is 11.6 Å². The molecular formula is C20H26ClN5O3S. The minimum atomic E-state index is -3.37. The topological polar surface area (TPSA) is 97.2 Å². The molecule has 0 bridgehead atoms. The zero-order valence-electron chi connectivity index (χ0n) is 16.8. The standard InChI is InChI=1S/C20H26ClN5O3S/c21-13-30(28,29)25-10-5-15(6-11-25)23-19-22-12-14-3-4-17(27)26(18(14)24-19)16-2-1-7-20(16)8-9-20/h3-4,12,15-16H,1-2,5-11,13H2,(H,22,23,24)/t16-/m0/s1. The van der Waals surface area contributed by atoms with Crippen molar-refractivity contribution < 1.29 is 8.42 Å². The molecule has 0 radical (unpaired) electrons. The van der Waals surface area contributed by atoms with Gasteiger partial charge in [-0.05, 0) is 50.0 Å². The highest BCUT2D eigenvalue weighted by Crippen LogP contribution is 2.63. The summed E-state index contributed by atoms with van der Waals surface area (Å²) in [6.45, 7) is 0.852. The van der Waals surface area contributed by atoms with Crippen LogP contribution >= 0.6 is 11.6 Å². The monoisotopic (exact) mass is 451 g/mol. The zero-order valence-corrected chi connectivity index (χ0v) is 18.3. The summed E-state index contributed by atoms with van der Waals surface area (Å²) >= 11 is 5.56. The number of aromatic nitrogens is 3. The summed E-state index contributed by atoms with van der Waals surface area (Å²) in [5.41, 5.74) is 0.988. The smallest absolute Gasteiger partial charge is 0.252 e. The summed E-state index contributed by atoms with van der Waals surface area (Å²) in [7, 11) is -3.37. The second-order valence-electron chi connectivity index (χ2n) is 8.82. The van der Waals surface area contributed by atoms with E-state index in [4.69, 9.17) is 16.6 Å². The second kappa shape index (κ2) is 7.46. The number of piperidine rings is 1. The van der Waals surface area contributed by atoms with E-state index in [1.165, 1.54) is 23.6 Å². The van der Waals surface area contributed by atoms with Crippen LogP contribution in [-0.2, 0) is 10.0 Å². The molecule has 1 saturated heterocycles. The molecule has 2 aromatic rings. The van der Waals surface area contributed by atoms with Crippen LogP contribution in [0.25, 0.3) is 11.0 Å². The highest BCUT2D eigenvalue weighted by molar-refractivity contribution is 7.90. The average Bonchev–Trinajstić information content (AvgIpc) is 3.41. The van der Waals surface area contributed by atoms with E-state index in [1.807, 2.05) is 4.57 Å². The van der Waals surface area contributed by atoms with Crippen LogP contribution in [0.4, 0.5) is 5.95 Å². The molecule has 1 atom stereocenters. The molecular weight excluding hydrogens is 426 g/mol. The number of pyridine rings is 1. The number of rotatable bonds is 5. The maximum absolute atomic E-state index is 12.8. The fraction of sp³-hybridized carbons (Fsp3) is 0.650. The van der Waals surface area contributed by atoms with Crippen LogP contribution in [0.5, 0.6) is 0 Å². The van der Waals surface area contributed by atoms with Crippen LogP contribution in [0.3, 0.4) is 0 Å². The van der Waals surface area contributed by atoms with Gasteiger partial charge in [0, 0.05) is 42.8 Å². The number of anilines is 1. The highest BCUT2D eigenvalue weighted by atomic mass is 35.5. The van der Waals surface area contributed by atoms with Crippen LogP contribution in [0.2, 0.25) is 0 Å². The maximum Gasteiger partial charge on any atom is 0.252 e. The first-order valence-corrected chi connectivity index (χ1v) is 12.7. The van der Waals surface area contributed by atoms with E-state index >= 15 is 0 Å². The molecule has 162 valence electrons. The number of nitrogens with one attached hydrogen (secondary N) is 1. The van der Waals surface area contributed by atoms with Gasteiger partial charge in [0.2, 0.25) is 16.0 Å². The summed E-state index contributed by atoms with van der Waals surface area (Å²) in [6.07, 6.45) is 8.85. The molecule has 0 aromatic carbocycles. The lowest BCUT2D eigenvalue weighted by molar-refractivity contribution is 0.330. The quantitative estimate of drug-likeness (QED) is 0.702. The summed E-state index contributed by atoms with van der Waals surface area (Å²) in [6, 6.07) is 3.72. The molecule has 3 aliphatic rings. The Bertz CT molecular complexity index is 1120. The molecule has 2 aliphatic carbocycles. The van der Waals surface area contributed by atoms with Gasteiger partial charge in [0.1, 0.15) is 10.9 Å². The van der Waals surface area contributed by atoms with Gasteiger partial charge >= 0.3 is 0 Å². The third kappa shape index (κ3) is 3.50. The fourth-order valence-corrected chi connectivity index (χ4v) is 6.53. The van der Waals surface area contributed by atoms with E-state index in [1.54, 1.807) is 18.3 Å². The third-order valence-electron chi connectivity index (χ3n) is 7.05. The number of hydrogen-bond acceptors (Lipinski definition) is 6. The van der Waals surface area contributed by atoms with Crippen molar-refractivity contribution in [3.05, 3.63) is 28.7 Å². The highest BCUT2D eigenvalue weighted by Gasteiger charge is 2.53. The van der Waals surface area contributed by atoms with Crippen LogP contribution in [-0.4, -0.2) is 51.6 Å². The van der Waals surface area contributed by atoms with E-state index in [2.05, 4.69) is 10.3 Å². The van der Waals surface area contributed by atoms with E-state index < -0.39 is 10.0 Å². The van der Waals surface area contributed by atoms with Crippen LogP contribution < -0.4 is 10.9 Å². The summed E-state index contributed by atoms with van der Waals surface area (Å²) in [4.78, 5) is 22.0. The van der Waals surface area contributed by atoms with Crippen molar-refractivity contribution >= 4 is 38.6 Å². The molecule has 2 saturated carbocycles. The first-order valence-electron chi connectivity index (χ1n) is 10.6. The molecule has 1 aliphatic heterocycles. The molecule has 8 nitrogen and oxygen atoms in total. The lowest BCUT2D eigenvalue weighted by atomic mass is 10.00. The van der Waals surface area contributed by atoms with Crippen LogP contribution in [0.15, 0.2) is 23.1 Å². The molecule has 30 heavy (non-hydrogen) atoms. The molecule has 0 unspecified atom stereocenters. The van der Waals surface area contributed by atoms with Gasteiger partial charge < -0.3 is 5.32 Å². The summed E-state index contributed by atoms with van der Waals surface area (Å²) in [5.74, 6) is 0.489. The van der Waals surface area contributed by atoms with Crippen molar-refractivity contribution in [2.75, 3.05) is 23.6 Å². The van der Waals surface area contributed by atoms with E-state index in [0.29, 0.717) is 37.5 Å². The first-order chi connectivity index (χ1) is 14.4. The molecule has 3 fully saturated rings. The number of halogens is 1. The molecule has 10 heteroatoms. The van der Waals surface area contributed by atoms with Crippen molar-refractivity contribution in [3.8, 4) is 0 Å². The Morgan fingerprint density at radius 2 is 1.93 bits per heavy atom. The lowest BCUT2D eigenvalue weighted by Gasteiger charge is -2.31. The van der Waals surface area contributed by atoms with Gasteiger partial charge in [0.15, 0.2) is 0 Å². The van der Waals surface area contributed by atoms with Gasteiger partial charge in [-0.1, -0.05) is 6.42 Å². The van der Waals surface area contributed by atoms with Crippen molar-refractivity contribution in [1.82, 2.24) is 18.8 Å². The minimum absolute atomic E-state index is 0.00455. The van der Waals surface area contributed by atoms with E-state index in [9.17, 15) is 13.2 Å². The van der Waals surface area contributed by atoms with Gasteiger partial charge in [-0.25, -0.2) is 17.7 Å². The predicted octanol–water partition coefficient (Wildman–Crippen LogP) is 2.70. The third-order valence-corrected chi connectivity index (χ3v) is 9.30.